The van der Waals surface area contributed by atoms with Gasteiger partial charge in [-0.05, 0) is 19.3 Å². The maximum Gasteiger partial charge on any atom is 0.0950 e. The smallest absolute Gasteiger partial charge is 0.0950 e. The number of rotatable bonds is 1. The van der Waals surface area contributed by atoms with Crippen LogP contribution in [-0.4, -0.2) is 29.5 Å². The summed E-state index contributed by atoms with van der Waals surface area (Å²) in [6.07, 6.45) is 0.350. The molecule has 1 heterocycles. The average Bonchev–Trinajstić information content (AvgIpc) is 1.99. The van der Waals surface area contributed by atoms with Crippen LogP contribution >= 0.6 is 0 Å². The predicted molar refractivity (Wildman–Crippen MR) is 47.8 cm³/mol. The van der Waals surface area contributed by atoms with Gasteiger partial charge in [0.1, 0.15) is 0 Å². The lowest BCUT2D eigenvalue weighted by Gasteiger charge is -2.38. The SMILES string of the molecule is CC(C)[C@@H]1C[C@H](N)[C@@H](O)C(C)O1. The number of hydrogen-bond acceptors (Lipinski definition) is 3. The summed E-state index contributed by atoms with van der Waals surface area (Å²) in [5, 5.41) is 9.50. The summed E-state index contributed by atoms with van der Waals surface area (Å²) < 4.78 is 5.60. The Labute approximate surface area is 73.9 Å². The van der Waals surface area contributed by atoms with Crippen LogP contribution in [0, 0.1) is 5.92 Å². The van der Waals surface area contributed by atoms with Gasteiger partial charge in [-0.1, -0.05) is 13.8 Å². The van der Waals surface area contributed by atoms with Crippen molar-refractivity contribution in [2.75, 3.05) is 0 Å². The topological polar surface area (TPSA) is 55.5 Å². The standard InChI is InChI=1S/C9H19NO2/c1-5(2)8-4-7(10)9(11)6(3)12-8/h5-9,11H,4,10H2,1-3H3/t6?,7-,8-,9-/m0/s1. The molecule has 1 rings (SSSR count). The zero-order chi connectivity index (χ0) is 9.30. The Morgan fingerprint density at radius 3 is 2.50 bits per heavy atom. The Morgan fingerprint density at radius 2 is 2.08 bits per heavy atom. The van der Waals surface area contributed by atoms with Gasteiger partial charge in [0.25, 0.3) is 0 Å². The van der Waals surface area contributed by atoms with E-state index in [9.17, 15) is 5.11 Å². The minimum absolute atomic E-state index is 0.124. The molecule has 12 heavy (non-hydrogen) atoms. The molecule has 0 aliphatic carbocycles. The second kappa shape index (κ2) is 3.73. The van der Waals surface area contributed by atoms with E-state index in [4.69, 9.17) is 10.5 Å². The van der Waals surface area contributed by atoms with Crippen LogP contribution in [0.15, 0.2) is 0 Å². The summed E-state index contributed by atoms with van der Waals surface area (Å²) in [6, 6.07) is -0.124. The first kappa shape index (κ1) is 9.96. The molecular weight excluding hydrogens is 154 g/mol. The Balaban J connectivity index is 2.53. The van der Waals surface area contributed by atoms with Gasteiger partial charge in [0.15, 0.2) is 0 Å². The largest absolute Gasteiger partial charge is 0.389 e. The summed E-state index contributed by atoms with van der Waals surface area (Å²) in [4.78, 5) is 0. The molecule has 72 valence electrons. The lowest BCUT2D eigenvalue weighted by Crippen LogP contribution is -2.52. The van der Waals surface area contributed by atoms with Crippen molar-refractivity contribution < 1.29 is 9.84 Å². The molecule has 4 atom stereocenters. The minimum Gasteiger partial charge on any atom is -0.389 e. The minimum atomic E-state index is -0.500. The van der Waals surface area contributed by atoms with Crippen LogP contribution in [0.4, 0.5) is 0 Å². The third-order valence-electron chi connectivity index (χ3n) is 2.56. The first-order valence-corrected chi connectivity index (χ1v) is 4.61. The van der Waals surface area contributed by atoms with Gasteiger partial charge >= 0.3 is 0 Å². The van der Waals surface area contributed by atoms with Crippen LogP contribution in [0.5, 0.6) is 0 Å². The van der Waals surface area contributed by atoms with Crippen LogP contribution in [0.3, 0.4) is 0 Å². The summed E-state index contributed by atoms with van der Waals surface area (Å²) >= 11 is 0. The first-order chi connectivity index (χ1) is 5.52. The van der Waals surface area contributed by atoms with Crippen molar-refractivity contribution in [1.82, 2.24) is 0 Å². The Hall–Kier alpha value is -0.120. The van der Waals surface area contributed by atoms with Crippen LogP contribution in [0.25, 0.3) is 0 Å². The van der Waals surface area contributed by atoms with Crippen LogP contribution in [0.2, 0.25) is 0 Å². The Kier molecular flexibility index (Phi) is 3.09. The van der Waals surface area contributed by atoms with Gasteiger partial charge in [-0.2, -0.15) is 0 Å². The number of ether oxygens (including phenoxy) is 1. The highest BCUT2D eigenvalue weighted by Crippen LogP contribution is 2.23. The zero-order valence-corrected chi connectivity index (χ0v) is 8.03. The second-order valence-corrected chi connectivity index (χ2v) is 4.01. The van der Waals surface area contributed by atoms with E-state index in [2.05, 4.69) is 13.8 Å². The highest BCUT2D eigenvalue weighted by Gasteiger charge is 2.33. The van der Waals surface area contributed by atoms with Gasteiger partial charge in [0.2, 0.25) is 0 Å². The third-order valence-corrected chi connectivity index (χ3v) is 2.56. The van der Waals surface area contributed by atoms with E-state index in [0.717, 1.165) is 6.42 Å². The molecule has 0 radical (unpaired) electrons. The van der Waals surface area contributed by atoms with Crippen molar-refractivity contribution in [3.8, 4) is 0 Å². The molecule has 0 aromatic carbocycles. The van der Waals surface area contributed by atoms with E-state index >= 15 is 0 Å². The molecule has 0 bridgehead atoms. The maximum absolute atomic E-state index is 9.50. The molecule has 0 spiro atoms. The molecule has 3 N–H and O–H groups in total. The molecular formula is C9H19NO2. The molecule has 1 aliphatic rings. The monoisotopic (exact) mass is 173 g/mol. The first-order valence-electron chi connectivity index (χ1n) is 4.61. The number of aliphatic hydroxyl groups is 1. The fourth-order valence-electron chi connectivity index (χ4n) is 1.60. The Bertz CT molecular complexity index is 137. The van der Waals surface area contributed by atoms with Crippen molar-refractivity contribution in [2.45, 2.75) is 51.5 Å². The molecule has 0 aromatic rings. The summed E-state index contributed by atoms with van der Waals surface area (Å²) in [5.41, 5.74) is 5.77. The molecule has 1 unspecified atom stereocenters. The number of nitrogens with two attached hydrogens (primary N) is 1. The van der Waals surface area contributed by atoms with E-state index in [1.165, 1.54) is 0 Å². The summed E-state index contributed by atoms with van der Waals surface area (Å²) in [5.74, 6) is 0.478. The number of aliphatic hydroxyl groups excluding tert-OH is 1. The Morgan fingerprint density at radius 1 is 1.50 bits per heavy atom. The van der Waals surface area contributed by atoms with Crippen molar-refractivity contribution >= 4 is 0 Å². The molecule has 0 saturated carbocycles. The quantitative estimate of drug-likeness (QED) is 0.607. The van der Waals surface area contributed by atoms with Gasteiger partial charge in [-0.25, -0.2) is 0 Å². The predicted octanol–water partition coefficient (Wildman–Crippen LogP) is 0.508. The van der Waals surface area contributed by atoms with E-state index < -0.39 is 6.10 Å². The average molecular weight is 173 g/mol. The molecule has 3 nitrogen and oxygen atoms in total. The fourth-order valence-corrected chi connectivity index (χ4v) is 1.60. The van der Waals surface area contributed by atoms with E-state index in [0.29, 0.717) is 5.92 Å². The van der Waals surface area contributed by atoms with Gasteiger partial charge in [0, 0.05) is 6.04 Å². The molecule has 1 aliphatic heterocycles. The summed E-state index contributed by atoms with van der Waals surface area (Å²) in [7, 11) is 0. The summed E-state index contributed by atoms with van der Waals surface area (Å²) in [6.45, 7) is 6.10. The second-order valence-electron chi connectivity index (χ2n) is 4.01. The highest BCUT2D eigenvalue weighted by atomic mass is 16.5. The highest BCUT2D eigenvalue weighted by molar-refractivity contribution is 4.86. The van der Waals surface area contributed by atoms with Crippen LogP contribution in [-0.2, 0) is 4.74 Å². The number of hydrogen-bond donors (Lipinski definition) is 2. The van der Waals surface area contributed by atoms with E-state index in [-0.39, 0.29) is 18.2 Å². The maximum atomic E-state index is 9.50. The molecule has 3 heteroatoms. The van der Waals surface area contributed by atoms with Gasteiger partial charge in [-0.15, -0.1) is 0 Å². The molecule has 1 saturated heterocycles. The van der Waals surface area contributed by atoms with Gasteiger partial charge in [0.05, 0.1) is 18.3 Å². The molecule has 0 aromatic heterocycles. The molecule has 1 fully saturated rings. The van der Waals surface area contributed by atoms with E-state index in [1.807, 2.05) is 6.92 Å². The van der Waals surface area contributed by atoms with Gasteiger partial charge in [-0.3, -0.25) is 0 Å². The van der Waals surface area contributed by atoms with Crippen molar-refractivity contribution in [1.29, 1.82) is 0 Å². The van der Waals surface area contributed by atoms with Crippen molar-refractivity contribution in [3.05, 3.63) is 0 Å². The third kappa shape index (κ3) is 1.97. The normalized spacial score (nSPS) is 43.5. The van der Waals surface area contributed by atoms with Crippen LogP contribution < -0.4 is 5.73 Å². The molecule has 0 amide bonds. The van der Waals surface area contributed by atoms with Gasteiger partial charge < -0.3 is 15.6 Å². The van der Waals surface area contributed by atoms with Crippen molar-refractivity contribution in [3.63, 3.8) is 0 Å². The fraction of sp³-hybridized carbons (Fsp3) is 1.00. The lowest BCUT2D eigenvalue weighted by atomic mass is 9.91. The zero-order valence-electron chi connectivity index (χ0n) is 8.03. The van der Waals surface area contributed by atoms with Crippen LogP contribution in [0.1, 0.15) is 27.2 Å². The van der Waals surface area contributed by atoms with Crippen molar-refractivity contribution in [2.24, 2.45) is 11.7 Å². The lowest BCUT2D eigenvalue weighted by molar-refractivity contribution is -0.131. The van der Waals surface area contributed by atoms with E-state index in [1.54, 1.807) is 0 Å².